The average Bonchev–Trinajstić information content (AvgIpc) is 2.65. The summed E-state index contributed by atoms with van der Waals surface area (Å²) in [6, 6.07) is 11.5. The van der Waals surface area contributed by atoms with Gasteiger partial charge in [0.15, 0.2) is 0 Å². The summed E-state index contributed by atoms with van der Waals surface area (Å²) in [5.41, 5.74) is 1.36. The molecule has 1 aromatic carbocycles. The number of hydrogen-bond acceptors (Lipinski definition) is 3. The molecule has 19 heavy (non-hydrogen) atoms. The highest BCUT2D eigenvalue weighted by Crippen LogP contribution is 2.22. The number of nitrogens with zero attached hydrogens (tertiary/aromatic N) is 1. The Hall–Kier alpha value is -0.900. The zero-order chi connectivity index (χ0) is 13.7. The summed E-state index contributed by atoms with van der Waals surface area (Å²) in [6.45, 7) is 7.51. The maximum absolute atomic E-state index is 5.74. The quantitative estimate of drug-likeness (QED) is 0.902. The molecule has 0 aromatic heterocycles. The van der Waals surface area contributed by atoms with Crippen LogP contribution in [-0.2, 0) is 4.74 Å². The number of ether oxygens (including phenoxy) is 1. The van der Waals surface area contributed by atoms with Gasteiger partial charge in [-0.1, -0.05) is 30.3 Å². The van der Waals surface area contributed by atoms with Gasteiger partial charge in [0.25, 0.3) is 0 Å². The molecule has 0 radical (unpaired) electrons. The Bertz CT molecular complexity index is 368. The minimum Gasteiger partial charge on any atom is -0.377 e. The topological polar surface area (TPSA) is 24.5 Å². The molecule has 1 aromatic rings. The lowest BCUT2D eigenvalue weighted by atomic mass is 9.99. The van der Waals surface area contributed by atoms with Crippen molar-refractivity contribution >= 4 is 0 Å². The van der Waals surface area contributed by atoms with Crippen molar-refractivity contribution in [3.63, 3.8) is 0 Å². The number of likely N-dealkylation sites (N-methyl/N-ethyl adjacent to an activating group) is 1. The van der Waals surface area contributed by atoms with E-state index in [0.717, 1.165) is 26.1 Å². The fourth-order valence-corrected chi connectivity index (χ4v) is 2.95. The van der Waals surface area contributed by atoms with Gasteiger partial charge in [-0.3, -0.25) is 4.90 Å². The third kappa shape index (κ3) is 3.78. The number of benzene rings is 1. The highest BCUT2D eigenvalue weighted by Gasteiger charge is 2.26. The fourth-order valence-electron chi connectivity index (χ4n) is 2.95. The Morgan fingerprint density at radius 2 is 2.05 bits per heavy atom. The van der Waals surface area contributed by atoms with Crippen LogP contribution in [0, 0.1) is 0 Å². The van der Waals surface area contributed by atoms with Crippen molar-refractivity contribution in [2.75, 3.05) is 26.7 Å². The third-order valence-corrected chi connectivity index (χ3v) is 4.01. The van der Waals surface area contributed by atoms with Crippen molar-refractivity contribution in [2.45, 2.75) is 38.5 Å². The molecule has 1 aliphatic rings. The van der Waals surface area contributed by atoms with Crippen molar-refractivity contribution in [3.8, 4) is 0 Å². The monoisotopic (exact) mass is 262 g/mol. The van der Waals surface area contributed by atoms with Gasteiger partial charge in [0, 0.05) is 31.8 Å². The average molecular weight is 262 g/mol. The molecule has 1 N–H and O–H groups in total. The molecule has 1 saturated heterocycles. The zero-order valence-corrected chi connectivity index (χ0v) is 12.3. The van der Waals surface area contributed by atoms with E-state index in [4.69, 9.17) is 4.74 Å². The van der Waals surface area contributed by atoms with Crippen molar-refractivity contribution in [2.24, 2.45) is 0 Å². The molecule has 1 fully saturated rings. The van der Waals surface area contributed by atoms with E-state index < -0.39 is 0 Å². The van der Waals surface area contributed by atoms with Gasteiger partial charge in [-0.2, -0.15) is 0 Å². The van der Waals surface area contributed by atoms with Crippen LogP contribution in [0.4, 0.5) is 0 Å². The predicted molar refractivity (Wildman–Crippen MR) is 79.3 cm³/mol. The minimum atomic E-state index is 0.332. The molecule has 0 aliphatic carbocycles. The summed E-state index contributed by atoms with van der Waals surface area (Å²) in [5.74, 6) is 0. The van der Waals surface area contributed by atoms with Crippen LogP contribution >= 0.6 is 0 Å². The van der Waals surface area contributed by atoms with E-state index in [0.29, 0.717) is 18.2 Å². The molecule has 1 aliphatic heterocycles. The van der Waals surface area contributed by atoms with E-state index >= 15 is 0 Å². The SMILES string of the molecule is CNC(c1ccccc1)C(C)N1CCCOC(C)C1. The molecular formula is C16H26N2O. The van der Waals surface area contributed by atoms with Gasteiger partial charge in [-0.05, 0) is 32.9 Å². The molecular weight excluding hydrogens is 236 g/mol. The summed E-state index contributed by atoms with van der Waals surface area (Å²) < 4.78 is 5.74. The smallest absolute Gasteiger partial charge is 0.0674 e. The van der Waals surface area contributed by atoms with Gasteiger partial charge < -0.3 is 10.1 Å². The predicted octanol–water partition coefficient (Wildman–Crippen LogP) is 2.45. The highest BCUT2D eigenvalue weighted by molar-refractivity contribution is 5.20. The zero-order valence-electron chi connectivity index (χ0n) is 12.3. The van der Waals surface area contributed by atoms with Gasteiger partial charge in [0.05, 0.1) is 6.10 Å². The van der Waals surface area contributed by atoms with Gasteiger partial charge in [0.2, 0.25) is 0 Å². The molecule has 106 valence electrons. The van der Waals surface area contributed by atoms with Crippen molar-refractivity contribution < 1.29 is 4.74 Å². The first-order valence-corrected chi connectivity index (χ1v) is 7.30. The van der Waals surface area contributed by atoms with Crippen LogP contribution in [0.3, 0.4) is 0 Å². The minimum absolute atomic E-state index is 0.332. The molecule has 0 saturated carbocycles. The molecule has 3 nitrogen and oxygen atoms in total. The molecule has 3 heteroatoms. The second-order valence-corrected chi connectivity index (χ2v) is 5.45. The summed E-state index contributed by atoms with van der Waals surface area (Å²) in [6.07, 6.45) is 1.46. The molecule has 0 spiro atoms. The summed E-state index contributed by atoms with van der Waals surface area (Å²) in [5, 5.41) is 3.47. The molecule has 0 bridgehead atoms. The van der Waals surface area contributed by atoms with E-state index in [-0.39, 0.29) is 0 Å². The van der Waals surface area contributed by atoms with Crippen LogP contribution in [-0.4, -0.2) is 43.8 Å². The van der Waals surface area contributed by atoms with Crippen molar-refractivity contribution in [1.82, 2.24) is 10.2 Å². The number of nitrogens with one attached hydrogen (secondary N) is 1. The van der Waals surface area contributed by atoms with E-state index in [1.165, 1.54) is 5.56 Å². The van der Waals surface area contributed by atoms with Gasteiger partial charge in [-0.25, -0.2) is 0 Å². The fraction of sp³-hybridized carbons (Fsp3) is 0.625. The molecule has 2 rings (SSSR count). The van der Waals surface area contributed by atoms with Gasteiger partial charge in [0.1, 0.15) is 0 Å². The van der Waals surface area contributed by atoms with E-state index in [1.807, 2.05) is 7.05 Å². The van der Waals surface area contributed by atoms with Crippen LogP contribution in [0.2, 0.25) is 0 Å². The molecule has 3 atom stereocenters. The first-order chi connectivity index (χ1) is 9.22. The lowest BCUT2D eigenvalue weighted by molar-refractivity contribution is 0.0585. The largest absolute Gasteiger partial charge is 0.377 e. The second kappa shape index (κ2) is 7.04. The van der Waals surface area contributed by atoms with Crippen molar-refractivity contribution in [1.29, 1.82) is 0 Å². The first-order valence-electron chi connectivity index (χ1n) is 7.30. The number of rotatable bonds is 4. The lowest BCUT2D eigenvalue weighted by Crippen LogP contribution is -2.44. The Morgan fingerprint density at radius 3 is 2.74 bits per heavy atom. The van der Waals surface area contributed by atoms with Gasteiger partial charge in [-0.15, -0.1) is 0 Å². The molecule has 1 heterocycles. The standard InChI is InChI=1S/C16H26N2O/c1-13-12-18(10-7-11-19-13)14(2)16(17-3)15-8-5-4-6-9-15/h4-6,8-9,13-14,16-17H,7,10-12H2,1-3H3. The maximum atomic E-state index is 5.74. The molecule has 3 unspecified atom stereocenters. The second-order valence-electron chi connectivity index (χ2n) is 5.45. The Kier molecular flexibility index (Phi) is 5.37. The highest BCUT2D eigenvalue weighted by atomic mass is 16.5. The summed E-state index contributed by atoms with van der Waals surface area (Å²) in [4.78, 5) is 2.55. The first kappa shape index (κ1) is 14.5. The summed E-state index contributed by atoms with van der Waals surface area (Å²) in [7, 11) is 2.05. The molecule has 0 amide bonds. The Morgan fingerprint density at radius 1 is 1.32 bits per heavy atom. The van der Waals surface area contributed by atoms with Gasteiger partial charge >= 0.3 is 0 Å². The Balaban J connectivity index is 2.09. The van der Waals surface area contributed by atoms with Crippen LogP contribution in [0.25, 0.3) is 0 Å². The van der Waals surface area contributed by atoms with Crippen molar-refractivity contribution in [3.05, 3.63) is 35.9 Å². The lowest BCUT2D eigenvalue weighted by Gasteiger charge is -2.34. The van der Waals surface area contributed by atoms with E-state index in [1.54, 1.807) is 0 Å². The Labute approximate surface area is 116 Å². The van der Waals surface area contributed by atoms with Crippen LogP contribution in [0.15, 0.2) is 30.3 Å². The van der Waals surface area contributed by atoms with Crippen LogP contribution in [0.5, 0.6) is 0 Å². The van der Waals surface area contributed by atoms with E-state index in [2.05, 4.69) is 54.4 Å². The maximum Gasteiger partial charge on any atom is 0.0674 e. The third-order valence-electron chi connectivity index (χ3n) is 4.01. The van der Waals surface area contributed by atoms with Crippen LogP contribution < -0.4 is 5.32 Å². The van der Waals surface area contributed by atoms with E-state index in [9.17, 15) is 0 Å². The van der Waals surface area contributed by atoms with Crippen LogP contribution in [0.1, 0.15) is 31.9 Å². The summed E-state index contributed by atoms with van der Waals surface area (Å²) >= 11 is 0. The number of hydrogen-bond donors (Lipinski definition) is 1. The normalized spacial score (nSPS) is 24.7.